The molecule has 19 heavy (non-hydrogen) atoms. The Morgan fingerprint density at radius 2 is 1.89 bits per heavy atom. The molecule has 1 aromatic carbocycles. The molecule has 0 amide bonds. The molecule has 106 valence electrons. The molecule has 0 spiro atoms. The Kier molecular flexibility index (Phi) is 5.52. The Morgan fingerprint density at radius 1 is 1.21 bits per heavy atom. The van der Waals surface area contributed by atoms with Crippen LogP contribution in [0.4, 0.5) is 0 Å². The molecule has 1 fully saturated rings. The van der Waals surface area contributed by atoms with Gasteiger partial charge in [0.05, 0.1) is 0 Å². The van der Waals surface area contributed by atoms with E-state index >= 15 is 0 Å². The first-order valence-electron chi connectivity index (χ1n) is 7.03. The zero-order valence-electron chi connectivity index (χ0n) is 11.4. The van der Waals surface area contributed by atoms with E-state index in [2.05, 4.69) is 11.8 Å². The highest BCUT2D eigenvalue weighted by Crippen LogP contribution is 2.26. The van der Waals surface area contributed by atoms with Crippen LogP contribution in [-0.2, 0) is 6.54 Å². The van der Waals surface area contributed by atoms with Crippen molar-refractivity contribution in [3.8, 4) is 0 Å². The highest BCUT2D eigenvalue weighted by molar-refractivity contribution is 6.35. The molecular weight excluding hydrogens is 279 g/mol. The van der Waals surface area contributed by atoms with E-state index in [0.717, 1.165) is 36.5 Å². The van der Waals surface area contributed by atoms with Crippen LogP contribution in [0.15, 0.2) is 18.2 Å². The summed E-state index contributed by atoms with van der Waals surface area (Å²) in [6.45, 7) is 4.14. The van der Waals surface area contributed by atoms with Crippen LogP contribution < -0.4 is 5.73 Å². The maximum absolute atomic E-state index is 6.26. The van der Waals surface area contributed by atoms with Crippen LogP contribution in [0.3, 0.4) is 0 Å². The quantitative estimate of drug-likeness (QED) is 0.907. The Morgan fingerprint density at radius 3 is 2.47 bits per heavy atom. The molecule has 0 atom stereocenters. The number of benzene rings is 1. The first kappa shape index (κ1) is 15.1. The maximum Gasteiger partial charge on any atom is 0.0465 e. The average Bonchev–Trinajstić information content (AvgIpc) is 2.39. The van der Waals surface area contributed by atoms with Gasteiger partial charge in [-0.1, -0.05) is 36.2 Å². The molecule has 2 rings (SSSR count). The molecule has 0 radical (unpaired) electrons. The molecule has 0 saturated heterocycles. The van der Waals surface area contributed by atoms with E-state index in [-0.39, 0.29) is 0 Å². The van der Waals surface area contributed by atoms with Gasteiger partial charge in [-0.15, -0.1) is 0 Å². The van der Waals surface area contributed by atoms with Crippen molar-refractivity contribution in [2.24, 2.45) is 5.73 Å². The van der Waals surface area contributed by atoms with Gasteiger partial charge in [-0.05, 0) is 49.9 Å². The molecule has 0 unspecified atom stereocenters. The largest absolute Gasteiger partial charge is 0.328 e. The summed E-state index contributed by atoms with van der Waals surface area (Å²) in [6.07, 6.45) is 4.66. The lowest BCUT2D eigenvalue weighted by Gasteiger charge is -2.35. The minimum atomic E-state index is 0.397. The second-order valence-corrected chi connectivity index (χ2v) is 6.21. The van der Waals surface area contributed by atoms with Crippen molar-refractivity contribution in [1.29, 1.82) is 0 Å². The number of nitrogens with two attached hydrogens (primary N) is 1. The molecule has 1 aliphatic rings. The number of halogens is 2. The third kappa shape index (κ3) is 4.09. The molecular formula is C15H22Cl2N2. The van der Waals surface area contributed by atoms with E-state index in [9.17, 15) is 0 Å². The monoisotopic (exact) mass is 300 g/mol. The minimum Gasteiger partial charge on any atom is -0.328 e. The van der Waals surface area contributed by atoms with Gasteiger partial charge in [-0.2, -0.15) is 0 Å². The normalized spacial score (nSPS) is 23.8. The van der Waals surface area contributed by atoms with E-state index in [1.165, 1.54) is 12.8 Å². The van der Waals surface area contributed by atoms with E-state index in [0.29, 0.717) is 17.1 Å². The van der Waals surface area contributed by atoms with Crippen LogP contribution in [0.1, 0.15) is 38.2 Å². The Bertz CT molecular complexity index is 415. The van der Waals surface area contributed by atoms with Crippen molar-refractivity contribution < 1.29 is 0 Å². The average molecular weight is 301 g/mol. The number of hydrogen-bond donors (Lipinski definition) is 1. The van der Waals surface area contributed by atoms with Gasteiger partial charge >= 0.3 is 0 Å². The zero-order chi connectivity index (χ0) is 13.8. The van der Waals surface area contributed by atoms with Crippen LogP contribution in [0.5, 0.6) is 0 Å². The van der Waals surface area contributed by atoms with Gasteiger partial charge in [0.25, 0.3) is 0 Å². The predicted octanol–water partition coefficient (Wildman–Crippen LogP) is 4.09. The van der Waals surface area contributed by atoms with Gasteiger partial charge in [0.15, 0.2) is 0 Å². The summed E-state index contributed by atoms with van der Waals surface area (Å²) in [5.41, 5.74) is 7.13. The molecule has 0 aliphatic heterocycles. The standard InChI is InChI=1S/C15H22Cl2N2/c1-2-19(14-7-5-13(18)6-8-14)10-11-3-4-12(16)9-15(11)17/h3-4,9,13-14H,2,5-8,10,18H2,1H3. The van der Waals surface area contributed by atoms with Crippen LogP contribution in [0.25, 0.3) is 0 Å². The molecule has 0 heterocycles. The van der Waals surface area contributed by atoms with Crippen molar-refractivity contribution >= 4 is 23.2 Å². The summed E-state index contributed by atoms with van der Waals surface area (Å²) in [5, 5.41) is 1.46. The van der Waals surface area contributed by atoms with Gasteiger partial charge in [0.2, 0.25) is 0 Å². The first-order chi connectivity index (χ1) is 9.10. The maximum atomic E-state index is 6.26. The highest BCUT2D eigenvalue weighted by Gasteiger charge is 2.23. The molecule has 4 heteroatoms. The minimum absolute atomic E-state index is 0.397. The highest BCUT2D eigenvalue weighted by atomic mass is 35.5. The van der Waals surface area contributed by atoms with E-state index < -0.39 is 0 Å². The van der Waals surface area contributed by atoms with Gasteiger partial charge in [0.1, 0.15) is 0 Å². The lowest BCUT2D eigenvalue weighted by Crippen LogP contribution is -2.40. The summed E-state index contributed by atoms with van der Waals surface area (Å²) < 4.78 is 0. The van der Waals surface area contributed by atoms with Gasteiger partial charge in [-0.25, -0.2) is 0 Å². The second kappa shape index (κ2) is 6.94. The number of nitrogens with zero attached hydrogens (tertiary/aromatic N) is 1. The molecule has 2 nitrogen and oxygen atoms in total. The first-order valence-corrected chi connectivity index (χ1v) is 7.79. The third-order valence-electron chi connectivity index (χ3n) is 4.05. The van der Waals surface area contributed by atoms with Crippen LogP contribution in [-0.4, -0.2) is 23.5 Å². The Hall–Kier alpha value is -0.280. The third-order valence-corrected chi connectivity index (χ3v) is 4.64. The molecule has 0 bridgehead atoms. The smallest absolute Gasteiger partial charge is 0.0465 e. The summed E-state index contributed by atoms with van der Waals surface area (Å²) in [4.78, 5) is 2.50. The predicted molar refractivity (Wildman–Crippen MR) is 82.8 cm³/mol. The molecule has 2 N–H and O–H groups in total. The fourth-order valence-corrected chi connectivity index (χ4v) is 3.30. The van der Waals surface area contributed by atoms with Crippen LogP contribution in [0, 0.1) is 0 Å². The summed E-state index contributed by atoms with van der Waals surface area (Å²) in [7, 11) is 0. The SMILES string of the molecule is CCN(Cc1ccc(Cl)cc1Cl)C1CCC(N)CC1. The van der Waals surface area contributed by atoms with E-state index in [1.807, 2.05) is 18.2 Å². The lowest BCUT2D eigenvalue weighted by atomic mass is 9.90. The number of hydrogen-bond acceptors (Lipinski definition) is 2. The van der Waals surface area contributed by atoms with Crippen molar-refractivity contribution in [3.05, 3.63) is 33.8 Å². The molecule has 1 aliphatic carbocycles. The second-order valence-electron chi connectivity index (χ2n) is 5.37. The Labute approximate surface area is 125 Å². The van der Waals surface area contributed by atoms with Gasteiger partial charge in [-0.3, -0.25) is 4.90 Å². The van der Waals surface area contributed by atoms with Crippen molar-refractivity contribution in [2.75, 3.05) is 6.54 Å². The summed E-state index contributed by atoms with van der Waals surface area (Å²) in [6, 6.07) is 6.80. The molecule has 0 aromatic heterocycles. The molecule has 1 aromatic rings. The van der Waals surface area contributed by atoms with Crippen LogP contribution in [0.2, 0.25) is 10.0 Å². The van der Waals surface area contributed by atoms with E-state index in [4.69, 9.17) is 28.9 Å². The summed E-state index contributed by atoms with van der Waals surface area (Å²) in [5.74, 6) is 0. The lowest BCUT2D eigenvalue weighted by molar-refractivity contribution is 0.149. The van der Waals surface area contributed by atoms with Crippen molar-refractivity contribution in [3.63, 3.8) is 0 Å². The van der Waals surface area contributed by atoms with Crippen molar-refractivity contribution in [1.82, 2.24) is 4.90 Å². The zero-order valence-corrected chi connectivity index (χ0v) is 12.9. The van der Waals surface area contributed by atoms with Gasteiger partial charge in [0, 0.05) is 28.7 Å². The van der Waals surface area contributed by atoms with Crippen LogP contribution >= 0.6 is 23.2 Å². The number of rotatable bonds is 4. The fraction of sp³-hybridized carbons (Fsp3) is 0.600. The van der Waals surface area contributed by atoms with Crippen molar-refractivity contribution in [2.45, 2.75) is 51.2 Å². The fourth-order valence-electron chi connectivity index (χ4n) is 2.83. The Balaban J connectivity index is 2.02. The van der Waals surface area contributed by atoms with E-state index in [1.54, 1.807) is 0 Å². The molecule has 1 saturated carbocycles. The van der Waals surface area contributed by atoms with Gasteiger partial charge < -0.3 is 5.73 Å². The summed E-state index contributed by atoms with van der Waals surface area (Å²) >= 11 is 12.2. The topological polar surface area (TPSA) is 29.3 Å².